The zero-order valence-corrected chi connectivity index (χ0v) is 13.0. The van der Waals surface area contributed by atoms with E-state index in [1.54, 1.807) is 0 Å². The van der Waals surface area contributed by atoms with Gasteiger partial charge in [0.15, 0.2) is 0 Å². The molecule has 3 heteroatoms. The van der Waals surface area contributed by atoms with Crippen LogP contribution in [-0.2, 0) is 7.05 Å². The largest absolute Gasteiger partial charge is 0.306 e. The molecule has 2 aromatic rings. The number of nitrogens with one attached hydrogen (secondary N) is 1. The Kier molecular flexibility index (Phi) is 4.39. The van der Waals surface area contributed by atoms with Crippen LogP contribution in [0.3, 0.4) is 0 Å². The summed E-state index contributed by atoms with van der Waals surface area (Å²) in [4.78, 5) is 0. The minimum Gasteiger partial charge on any atom is -0.306 e. The minimum absolute atomic E-state index is 0.371. The van der Waals surface area contributed by atoms with Crippen LogP contribution < -0.4 is 5.32 Å². The van der Waals surface area contributed by atoms with E-state index in [2.05, 4.69) is 53.7 Å². The van der Waals surface area contributed by atoms with Crippen LogP contribution in [0.4, 0.5) is 0 Å². The number of aryl methyl sites for hydroxylation is 1. The molecular formula is C18H25N3. The topological polar surface area (TPSA) is 29.9 Å². The zero-order chi connectivity index (χ0) is 14.7. The first kappa shape index (κ1) is 14.3. The summed E-state index contributed by atoms with van der Waals surface area (Å²) in [5, 5.41) is 8.03. The van der Waals surface area contributed by atoms with Crippen molar-refractivity contribution in [2.24, 2.45) is 7.05 Å². The molecule has 3 rings (SSSR count). The zero-order valence-electron chi connectivity index (χ0n) is 13.0. The summed E-state index contributed by atoms with van der Waals surface area (Å²) >= 11 is 0. The van der Waals surface area contributed by atoms with Crippen LogP contribution >= 0.6 is 0 Å². The molecule has 1 N–H and O–H groups in total. The second kappa shape index (κ2) is 6.44. The van der Waals surface area contributed by atoms with Crippen molar-refractivity contribution in [1.29, 1.82) is 0 Å². The van der Waals surface area contributed by atoms with E-state index in [1.165, 1.54) is 36.9 Å². The predicted octanol–water partition coefficient (Wildman–Crippen LogP) is 3.80. The van der Waals surface area contributed by atoms with E-state index in [-0.39, 0.29) is 0 Å². The lowest BCUT2D eigenvalue weighted by atomic mass is 9.81. The van der Waals surface area contributed by atoms with Crippen molar-refractivity contribution in [2.75, 3.05) is 0 Å². The molecule has 0 bridgehead atoms. The summed E-state index contributed by atoms with van der Waals surface area (Å²) in [6, 6.07) is 14.1. The van der Waals surface area contributed by atoms with Crippen molar-refractivity contribution in [2.45, 2.75) is 50.6 Å². The molecule has 0 radical (unpaired) electrons. The predicted molar refractivity (Wildman–Crippen MR) is 86.2 cm³/mol. The van der Waals surface area contributed by atoms with Crippen molar-refractivity contribution >= 4 is 0 Å². The second-order valence-corrected chi connectivity index (χ2v) is 6.23. The summed E-state index contributed by atoms with van der Waals surface area (Å²) < 4.78 is 1.97. The van der Waals surface area contributed by atoms with Gasteiger partial charge in [0.2, 0.25) is 0 Å². The highest BCUT2D eigenvalue weighted by Crippen LogP contribution is 2.33. The molecule has 1 aliphatic rings. The van der Waals surface area contributed by atoms with Crippen molar-refractivity contribution in [3.8, 4) is 0 Å². The van der Waals surface area contributed by atoms with Gasteiger partial charge in [0.05, 0.1) is 5.69 Å². The Labute approximate surface area is 127 Å². The van der Waals surface area contributed by atoms with Gasteiger partial charge >= 0.3 is 0 Å². The maximum Gasteiger partial charge on any atom is 0.0547 e. The first-order valence-electron chi connectivity index (χ1n) is 8.03. The SMILES string of the molecule is CC(NC1CCC(c2ccccc2)CC1)c1ccnn1C. The van der Waals surface area contributed by atoms with Gasteiger partial charge in [-0.1, -0.05) is 30.3 Å². The standard InChI is InChI=1S/C18H25N3/c1-14(18-12-13-19-21(18)2)20-17-10-8-16(9-11-17)15-6-4-3-5-7-15/h3-7,12-14,16-17,20H,8-11H2,1-2H3. The fourth-order valence-electron chi connectivity index (χ4n) is 3.57. The molecular weight excluding hydrogens is 258 g/mol. The maximum absolute atomic E-state index is 4.26. The molecule has 0 spiro atoms. The van der Waals surface area contributed by atoms with Gasteiger partial charge in [-0.2, -0.15) is 5.10 Å². The number of hydrogen-bond donors (Lipinski definition) is 1. The Morgan fingerprint density at radius 2 is 1.81 bits per heavy atom. The van der Waals surface area contributed by atoms with Gasteiger partial charge in [0.25, 0.3) is 0 Å². The number of nitrogens with zero attached hydrogens (tertiary/aromatic N) is 2. The van der Waals surface area contributed by atoms with Gasteiger partial charge in [-0.25, -0.2) is 0 Å². The third-order valence-electron chi connectivity index (χ3n) is 4.79. The first-order chi connectivity index (χ1) is 10.2. The molecule has 0 amide bonds. The Morgan fingerprint density at radius 3 is 2.43 bits per heavy atom. The minimum atomic E-state index is 0.371. The van der Waals surface area contributed by atoms with Gasteiger partial charge < -0.3 is 5.32 Å². The van der Waals surface area contributed by atoms with Crippen LogP contribution in [-0.4, -0.2) is 15.8 Å². The van der Waals surface area contributed by atoms with Gasteiger partial charge in [0, 0.05) is 25.3 Å². The fraction of sp³-hybridized carbons (Fsp3) is 0.500. The third-order valence-corrected chi connectivity index (χ3v) is 4.79. The molecule has 0 saturated heterocycles. The number of aromatic nitrogens is 2. The molecule has 0 aliphatic heterocycles. The second-order valence-electron chi connectivity index (χ2n) is 6.23. The molecule has 1 aliphatic carbocycles. The monoisotopic (exact) mass is 283 g/mol. The average Bonchev–Trinajstić information content (AvgIpc) is 2.95. The quantitative estimate of drug-likeness (QED) is 0.925. The van der Waals surface area contributed by atoms with Crippen LogP contribution in [0.2, 0.25) is 0 Å². The number of rotatable bonds is 4. The van der Waals surface area contributed by atoms with Gasteiger partial charge in [-0.15, -0.1) is 0 Å². The van der Waals surface area contributed by atoms with E-state index in [0.717, 1.165) is 5.92 Å². The lowest BCUT2D eigenvalue weighted by Crippen LogP contribution is -2.35. The van der Waals surface area contributed by atoms with Crippen LogP contribution in [0.15, 0.2) is 42.6 Å². The summed E-state index contributed by atoms with van der Waals surface area (Å²) in [6.07, 6.45) is 6.99. The molecule has 21 heavy (non-hydrogen) atoms. The van der Waals surface area contributed by atoms with Crippen molar-refractivity contribution in [3.05, 3.63) is 53.9 Å². The molecule has 3 nitrogen and oxygen atoms in total. The Hall–Kier alpha value is -1.61. The smallest absolute Gasteiger partial charge is 0.0547 e. The van der Waals surface area contributed by atoms with Crippen LogP contribution in [0.1, 0.15) is 55.8 Å². The lowest BCUT2D eigenvalue weighted by Gasteiger charge is -2.31. The van der Waals surface area contributed by atoms with E-state index in [1.807, 2.05) is 17.9 Å². The molecule has 1 aromatic carbocycles. The molecule has 1 unspecified atom stereocenters. The number of benzene rings is 1. The summed E-state index contributed by atoms with van der Waals surface area (Å²) in [7, 11) is 2.01. The molecule has 1 atom stereocenters. The molecule has 1 aromatic heterocycles. The van der Waals surface area contributed by atoms with E-state index in [0.29, 0.717) is 12.1 Å². The van der Waals surface area contributed by atoms with E-state index >= 15 is 0 Å². The normalized spacial score (nSPS) is 23.9. The van der Waals surface area contributed by atoms with Crippen LogP contribution in [0.5, 0.6) is 0 Å². The van der Waals surface area contributed by atoms with Crippen LogP contribution in [0.25, 0.3) is 0 Å². The van der Waals surface area contributed by atoms with Gasteiger partial charge in [-0.05, 0) is 50.2 Å². The maximum atomic E-state index is 4.26. The molecule has 112 valence electrons. The highest BCUT2D eigenvalue weighted by molar-refractivity contribution is 5.20. The van der Waals surface area contributed by atoms with Gasteiger partial charge in [0.1, 0.15) is 0 Å². The average molecular weight is 283 g/mol. The summed E-state index contributed by atoms with van der Waals surface area (Å²) in [5.74, 6) is 0.747. The molecule has 1 heterocycles. The Balaban J connectivity index is 1.53. The summed E-state index contributed by atoms with van der Waals surface area (Å²) in [5.41, 5.74) is 2.77. The first-order valence-corrected chi connectivity index (χ1v) is 8.03. The highest BCUT2D eigenvalue weighted by Gasteiger charge is 2.23. The Bertz CT molecular complexity index is 553. The fourth-order valence-corrected chi connectivity index (χ4v) is 3.57. The summed E-state index contributed by atoms with van der Waals surface area (Å²) in [6.45, 7) is 2.24. The highest BCUT2D eigenvalue weighted by atomic mass is 15.3. The lowest BCUT2D eigenvalue weighted by molar-refractivity contribution is 0.317. The molecule has 1 fully saturated rings. The van der Waals surface area contributed by atoms with E-state index < -0.39 is 0 Å². The number of hydrogen-bond acceptors (Lipinski definition) is 2. The van der Waals surface area contributed by atoms with Crippen molar-refractivity contribution < 1.29 is 0 Å². The molecule has 1 saturated carbocycles. The third kappa shape index (κ3) is 3.35. The van der Waals surface area contributed by atoms with Crippen molar-refractivity contribution in [1.82, 2.24) is 15.1 Å². The van der Waals surface area contributed by atoms with Gasteiger partial charge in [-0.3, -0.25) is 4.68 Å². The van der Waals surface area contributed by atoms with Crippen molar-refractivity contribution in [3.63, 3.8) is 0 Å². The Morgan fingerprint density at radius 1 is 1.10 bits per heavy atom. The van der Waals surface area contributed by atoms with Crippen LogP contribution in [0, 0.1) is 0 Å². The van der Waals surface area contributed by atoms with E-state index in [4.69, 9.17) is 0 Å². The van der Waals surface area contributed by atoms with E-state index in [9.17, 15) is 0 Å².